The van der Waals surface area contributed by atoms with Crippen LogP contribution in [0.25, 0.3) is 0 Å². The van der Waals surface area contributed by atoms with Crippen molar-refractivity contribution in [3.8, 4) is 5.75 Å². The summed E-state index contributed by atoms with van der Waals surface area (Å²) in [4.78, 5) is 12.6. The summed E-state index contributed by atoms with van der Waals surface area (Å²) >= 11 is 0. The monoisotopic (exact) mass is 406 g/mol. The molecule has 0 heterocycles. The van der Waals surface area contributed by atoms with Crippen LogP contribution in [0.1, 0.15) is 27.9 Å². The molecule has 2 aromatic rings. The number of carbonyl (C=O) groups is 1. The summed E-state index contributed by atoms with van der Waals surface area (Å²) in [5.74, 6) is 0.268. The summed E-state index contributed by atoms with van der Waals surface area (Å²) < 4.78 is 38.6. The third kappa shape index (κ3) is 5.02. The van der Waals surface area contributed by atoms with E-state index < -0.39 is 10.0 Å². The molecule has 0 aliphatic heterocycles. The molecule has 0 atom stereocenters. The second-order valence-electron chi connectivity index (χ2n) is 6.27. The van der Waals surface area contributed by atoms with Crippen molar-refractivity contribution < 1.29 is 22.7 Å². The fraction of sp³-hybridized carbons (Fsp3) is 0.350. The van der Waals surface area contributed by atoms with Crippen molar-refractivity contribution in [3.63, 3.8) is 0 Å². The van der Waals surface area contributed by atoms with Gasteiger partial charge in [0, 0.05) is 20.3 Å². The third-order valence-corrected chi connectivity index (χ3v) is 5.93. The molecule has 0 bridgehead atoms. The van der Waals surface area contributed by atoms with Crippen molar-refractivity contribution in [3.05, 3.63) is 53.1 Å². The van der Waals surface area contributed by atoms with Crippen LogP contribution in [0.5, 0.6) is 5.75 Å². The molecule has 0 saturated heterocycles. The molecule has 2 N–H and O–H groups in total. The molecule has 0 saturated carbocycles. The first kappa shape index (κ1) is 21.7. The Hall–Kier alpha value is -2.58. The number of amides is 1. The van der Waals surface area contributed by atoms with E-state index in [1.807, 2.05) is 0 Å². The van der Waals surface area contributed by atoms with Crippen LogP contribution < -0.4 is 14.8 Å². The van der Waals surface area contributed by atoms with Crippen molar-refractivity contribution in [1.82, 2.24) is 5.32 Å². The zero-order chi connectivity index (χ0) is 20.7. The van der Waals surface area contributed by atoms with Gasteiger partial charge in [-0.05, 0) is 55.7 Å². The van der Waals surface area contributed by atoms with Gasteiger partial charge in [0.25, 0.3) is 15.9 Å². The van der Waals surface area contributed by atoms with Gasteiger partial charge in [0.15, 0.2) is 0 Å². The highest BCUT2D eigenvalue weighted by Gasteiger charge is 2.22. The number of hydrogen-bond acceptors (Lipinski definition) is 5. The van der Waals surface area contributed by atoms with Gasteiger partial charge in [0.05, 0.1) is 23.3 Å². The van der Waals surface area contributed by atoms with Crippen molar-refractivity contribution >= 4 is 21.6 Å². The largest absolute Gasteiger partial charge is 0.496 e. The summed E-state index contributed by atoms with van der Waals surface area (Å²) in [6.07, 6.45) is 0.667. The summed E-state index contributed by atoms with van der Waals surface area (Å²) in [5.41, 5.74) is 1.81. The quantitative estimate of drug-likeness (QED) is 0.625. The molecule has 0 unspecified atom stereocenters. The minimum absolute atomic E-state index is 0.140. The summed E-state index contributed by atoms with van der Waals surface area (Å²) in [7, 11) is -0.753. The van der Waals surface area contributed by atoms with Gasteiger partial charge in [0.2, 0.25) is 0 Å². The summed E-state index contributed by atoms with van der Waals surface area (Å²) in [6.45, 7) is 4.49. The molecular formula is C20H26N2O5S. The first-order valence-corrected chi connectivity index (χ1v) is 10.3. The van der Waals surface area contributed by atoms with Crippen LogP contribution >= 0.6 is 0 Å². The first-order valence-electron chi connectivity index (χ1n) is 8.85. The average Bonchev–Trinajstić information content (AvgIpc) is 2.67. The number of benzene rings is 2. The molecule has 28 heavy (non-hydrogen) atoms. The first-order chi connectivity index (χ1) is 13.3. The maximum absolute atomic E-state index is 12.9. The molecule has 0 aliphatic carbocycles. The third-order valence-electron chi connectivity index (χ3n) is 4.42. The Morgan fingerprint density at radius 3 is 2.43 bits per heavy atom. The zero-order valence-corrected chi connectivity index (χ0v) is 17.4. The highest BCUT2D eigenvalue weighted by atomic mass is 32.2. The number of carbonyl (C=O) groups excluding carboxylic acids is 1. The van der Waals surface area contributed by atoms with Crippen LogP contribution in [0.3, 0.4) is 0 Å². The smallest absolute Gasteiger partial charge is 0.262 e. The predicted molar refractivity (Wildman–Crippen MR) is 109 cm³/mol. The maximum atomic E-state index is 12.9. The van der Waals surface area contributed by atoms with E-state index in [-0.39, 0.29) is 22.1 Å². The second kappa shape index (κ2) is 9.57. The van der Waals surface area contributed by atoms with Gasteiger partial charge in [-0.2, -0.15) is 0 Å². The molecule has 0 aliphatic rings. The average molecular weight is 407 g/mol. The Labute approximate surface area is 166 Å². The lowest BCUT2D eigenvalue weighted by molar-refractivity contribution is 0.0949. The Bertz CT molecular complexity index is 942. The topological polar surface area (TPSA) is 93.7 Å². The summed E-state index contributed by atoms with van der Waals surface area (Å²) in [6, 6.07) is 9.61. The van der Waals surface area contributed by atoms with Crippen molar-refractivity contribution in [2.45, 2.75) is 25.2 Å². The molecule has 7 nitrogen and oxygen atoms in total. The number of methoxy groups -OCH3 is 2. The molecule has 0 radical (unpaired) electrons. The lowest BCUT2D eigenvalue weighted by Gasteiger charge is -2.16. The van der Waals surface area contributed by atoms with Crippen molar-refractivity contribution in [2.24, 2.45) is 0 Å². The molecule has 0 fully saturated rings. The van der Waals surface area contributed by atoms with Gasteiger partial charge in [-0.25, -0.2) is 8.42 Å². The van der Waals surface area contributed by atoms with Crippen LogP contribution in [0.2, 0.25) is 0 Å². The molecule has 0 spiro atoms. The van der Waals surface area contributed by atoms with Crippen LogP contribution in [0.15, 0.2) is 41.3 Å². The van der Waals surface area contributed by atoms with Crippen LogP contribution in [-0.2, 0) is 14.8 Å². The van der Waals surface area contributed by atoms with E-state index in [1.165, 1.54) is 13.2 Å². The Kier molecular flexibility index (Phi) is 7.42. The van der Waals surface area contributed by atoms with E-state index >= 15 is 0 Å². The van der Waals surface area contributed by atoms with E-state index in [0.717, 1.165) is 5.56 Å². The van der Waals surface area contributed by atoms with Crippen LogP contribution in [-0.4, -0.2) is 41.7 Å². The lowest BCUT2D eigenvalue weighted by Crippen LogP contribution is -2.27. The lowest BCUT2D eigenvalue weighted by atomic mass is 10.1. The number of rotatable bonds is 9. The number of anilines is 1. The van der Waals surface area contributed by atoms with Crippen LogP contribution in [0, 0.1) is 13.8 Å². The number of hydrogen-bond donors (Lipinski definition) is 2. The van der Waals surface area contributed by atoms with Gasteiger partial charge in [-0.3, -0.25) is 9.52 Å². The van der Waals surface area contributed by atoms with E-state index in [1.54, 1.807) is 51.3 Å². The van der Waals surface area contributed by atoms with Gasteiger partial charge in [0.1, 0.15) is 5.75 Å². The fourth-order valence-corrected chi connectivity index (χ4v) is 4.15. The molecule has 2 aromatic carbocycles. The Morgan fingerprint density at radius 1 is 1.04 bits per heavy atom. The molecule has 1 amide bonds. The Morgan fingerprint density at radius 2 is 1.75 bits per heavy atom. The molecule has 2 rings (SSSR count). The minimum Gasteiger partial charge on any atom is -0.496 e. The van der Waals surface area contributed by atoms with E-state index in [4.69, 9.17) is 9.47 Å². The molecule has 152 valence electrons. The molecule has 0 aromatic heterocycles. The van der Waals surface area contributed by atoms with E-state index in [9.17, 15) is 13.2 Å². The normalized spacial score (nSPS) is 11.1. The zero-order valence-electron chi connectivity index (χ0n) is 16.5. The number of nitrogens with one attached hydrogen (secondary N) is 2. The highest BCUT2D eigenvalue weighted by Crippen LogP contribution is 2.28. The van der Waals surface area contributed by atoms with Crippen molar-refractivity contribution in [2.75, 3.05) is 32.1 Å². The minimum atomic E-state index is -3.88. The van der Waals surface area contributed by atoms with Gasteiger partial charge < -0.3 is 14.8 Å². The second-order valence-corrected chi connectivity index (χ2v) is 7.92. The number of para-hydroxylation sites is 1. The van der Waals surface area contributed by atoms with Gasteiger partial charge in [-0.15, -0.1) is 0 Å². The summed E-state index contributed by atoms with van der Waals surface area (Å²) in [5, 5.41) is 2.76. The standard InChI is InChI=1S/C20H26N2O5S/c1-14-15(2)19(11-10-18(14)27-4)28(24,25)22-17-9-6-5-8-16(17)20(23)21-12-7-13-26-3/h5-6,8-11,22H,7,12-13H2,1-4H3,(H,21,23). The van der Waals surface area contributed by atoms with E-state index in [2.05, 4.69) is 10.0 Å². The number of sulfonamides is 1. The highest BCUT2D eigenvalue weighted by molar-refractivity contribution is 7.92. The van der Waals surface area contributed by atoms with Gasteiger partial charge in [-0.1, -0.05) is 12.1 Å². The molecular weight excluding hydrogens is 380 g/mol. The van der Waals surface area contributed by atoms with Gasteiger partial charge >= 0.3 is 0 Å². The van der Waals surface area contributed by atoms with E-state index in [0.29, 0.717) is 30.9 Å². The maximum Gasteiger partial charge on any atom is 0.262 e. The SMILES string of the molecule is COCCCNC(=O)c1ccccc1NS(=O)(=O)c1ccc(OC)c(C)c1C. The van der Waals surface area contributed by atoms with Crippen LogP contribution in [0.4, 0.5) is 5.69 Å². The molecule has 8 heteroatoms. The predicted octanol–water partition coefficient (Wildman–Crippen LogP) is 2.88. The number of ether oxygens (including phenoxy) is 2. The Balaban J connectivity index is 2.28. The van der Waals surface area contributed by atoms with Crippen molar-refractivity contribution in [1.29, 1.82) is 0 Å². The fourth-order valence-electron chi connectivity index (χ4n) is 2.77.